The highest BCUT2D eigenvalue weighted by Gasteiger charge is 2.22. The summed E-state index contributed by atoms with van der Waals surface area (Å²) in [5.74, 6) is 0. The standard InChI is InChI=1S/C8H10ClNO3S/c1-5(2)14(12,13)7-3-6(9)4-10-8(7)11/h3-5H,1-2H3,(H,10,11). The van der Waals surface area contributed by atoms with Gasteiger partial charge in [-0.2, -0.15) is 0 Å². The smallest absolute Gasteiger partial charge is 0.266 e. The Hall–Kier alpha value is -0.810. The fourth-order valence-corrected chi connectivity index (χ4v) is 2.25. The van der Waals surface area contributed by atoms with Crippen LogP contribution in [0.25, 0.3) is 0 Å². The number of hydrogen-bond acceptors (Lipinski definition) is 3. The van der Waals surface area contributed by atoms with E-state index < -0.39 is 20.6 Å². The first-order chi connectivity index (χ1) is 6.35. The number of halogens is 1. The molecule has 0 aliphatic rings. The van der Waals surface area contributed by atoms with Crippen LogP contribution >= 0.6 is 11.6 Å². The molecule has 14 heavy (non-hydrogen) atoms. The Balaban J connectivity index is 3.48. The molecular weight excluding hydrogens is 226 g/mol. The molecule has 0 aromatic carbocycles. The zero-order valence-corrected chi connectivity index (χ0v) is 9.32. The maximum absolute atomic E-state index is 11.6. The minimum atomic E-state index is -3.56. The summed E-state index contributed by atoms with van der Waals surface area (Å²) in [6, 6.07) is 1.16. The van der Waals surface area contributed by atoms with Gasteiger partial charge in [0, 0.05) is 6.20 Å². The lowest BCUT2D eigenvalue weighted by molar-refractivity contribution is 0.586. The molecule has 1 aromatic heterocycles. The minimum absolute atomic E-state index is 0.198. The van der Waals surface area contributed by atoms with E-state index in [-0.39, 0.29) is 9.92 Å². The normalized spacial score (nSPS) is 12.0. The van der Waals surface area contributed by atoms with E-state index in [9.17, 15) is 13.2 Å². The van der Waals surface area contributed by atoms with Crippen LogP contribution < -0.4 is 5.56 Å². The van der Waals surface area contributed by atoms with E-state index in [2.05, 4.69) is 4.98 Å². The highest BCUT2D eigenvalue weighted by atomic mass is 35.5. The molecule has 0 aliphatic carbocycles. The molecule has 0 saturated heterocycles. The van der Waals surface area contributed by atoms with Crippen LogP contribution in [0, 0.1) is 0 Å². The van der Waals surface area contributed by atoms with Crippen LogP contribution in [0.3, 0.4) is 0 Å². The Bertz CT molecular complexity index is 490. The molecule has 0 atom stereocenters. The van der Waals surface area contributed by atoms with Crippen molar-refractivity contribution in [1.82, 2.24) is 4.98 Å². The average molecular weight is 236 g/mol. The number of sulfone groups is 1. The molecule has 1 heterocycles. The molecule has 1 aromatic rings. The van der Waals surface area contributed by atoms with Crippen molar-refractivity contribution < 1.29 is 8.42 Å². The molecule has 4 nitrogen and oxygen atoms in total. The predicted octanol–water partition coefficient (Wildman–Crippen LogP) is 1.21. The van der Waals surface area contributed by atoms with E-state index in [1.54, 1.807) is 0 Å². The van der Waals surface area contributed by atoms with Gasteiger partial charge in [0.05, 0.1) is 10.3 Å². The number of nitrogens with one attached hydrogen (secondary N) is 1. The monoisotopic (exact) mass is 235 g/mol. The summed E-state index contributed by atoms with van der Waals surface area (Å²) in [5, 5.41) is -0.439. The van der Waals surface area contributed by atoms with Gasteiger partial charge in [0.15, 0.2) is 9.84 Å². The Labute approximate surface area is 86.8 Å². The molecule has 0 unspecified atom stereocenters. The molecule has 0 radical (unpaired) electrons. The molecule has 1 rings (SSSR count). The maximum atomic E-state index is 11.6. The van der Waals surface area contributed by atoms with Crippen molar-refractivity contribution >= 4 is 21.4 Å². The SMILES string of the molecule is CC(C)S(=O)(=O)c1cc(Cl)c[nH]c1=O. The molecule has 0 bridgehead atoms. The van der Waals surface area contributed by atoms with Crippen molar-refractivity contribution in [3.63, 3.8) is 0 Å². The highest BCUT2D eigenvalue weighted by molar-refractivity contribution is 7.92. The summed E-state index contributed by atoms with van der Waals surface area (Å²) in [4.78, 5) is 13.2. The van der Waals surface area contributed by atoms with Gasteiger partial charge in [-0.05, 0) is 19.9 Å². The summed E-state index contributed by atoms with van der Waals surface area (Å²) in [7, 11) is -3.56. The van der Waals surface area contributed by atoms with E-state index >= 15 is 0 Å². The fourth-order valence-electron chi connectivity index (χ4n) is 0.903. The summed E-state index contributed by atoms with van der Waals surface area (Å²) in [6.45, 7) is 3.02. The van der Waals surface area contributed by atoms with Gasteiger partial charge in [-0.1, -0.05) is 11.6 Å². The predicted molar refractivity (Wildman–Crippen MR) is 54.4 cm³/mol. The minimum Gasteiger partial charge on any atom is -0.326 e. The average Bonchev–Trinajstić information content (AvgIpc) is 2.08. The molecule has 0 amide bonds. The zero-order chi connectivity index (χ0) is 10.9. The van der Waals surface area contributed by atoms with Crippen LogP contribution in [0.15, 0.2) is 22.0 Å². The lowest BCUT2D eigenvalue weighted by Gasteiger charge is -2.06. The van der Waals surface area contributed by atoms with E-state index in [4.69, 9.17) is 11.6 Å². The summed E-state index contributed by atoms with van der Waals surface area (Å²) < 4.78 is 23.3. The second-order valence-electron chi connectivity index (χ2n) is 3.11. The highest BCUT2D eigenvalue weighted by Crippen LogP contribution is 2.14. The third-order valence-electron chi connectivity index (χ3n) is 1.76. The first kappa shape index (κ1) is 11.3. The van der Waals surface area contributed by atoms with Gasteiger partial charge in [0.25, 0.3) is 5.56 Å². The molecule has 1 N–H and O–H groups in total. The number of pyridine rings is 1. The Morgan fingerprint density at radius 1 is 1.43 bits per heavy atom. The van der Waals surface area contributed by atoms with Crippen molar-refractivity contribution in [3.8, 4) is 0 Å². The Kier molecular flexibility index (Phi) is 3.01. The van der Waals surface area contributed by atoms with E-state index in [1.165, 1.54) is 20.0 Å². The lowest BCUT2D eigenvalue weighted by atomic mass is 10.5. The van der Waals surface area contributed by atoms with Gasteiger partial charge in [-0.3, -0.25) is 4.79 Å². The van der Waals surface area contributed by atoms with E-state index in [1.807, 2.05) is 0 Å². The number of aromatic nitrogens is 1. The summed E-state index contributed by atoms with van der Waals surface area (Å²) in [6.07, 6.45) is 1.25. The summed E-state index contributed by atoms with van der Waals surface area (Å²) in [5.41, 5.74) is -0.636. The first-order valence-corrected chi connectivity index (χ1v) is 5.90. The van der Waals surface area contributed by atoms with Gasteiger partial charge >= 0.3 is 0 Å². The molecule has 0 aliphatic heterocycles. The zero-order valence-electron chi connectivity index (χ0n) is 7.74. The Morgan fingerprint density at radius 2 is 2.00 bits per heavy atom. The summed E-state index contributed by atoms with van der Waals surface area (Å²) >= 11 is 5.59. The van der Waals surface area contributed by atoms with Gasteiger partial charge in [-0.15, -0.1) is 0 Å². The number of hydrogen-bond donors (Lipinski definition) is 1. The van der Waals surface area contributed by atoms with Crippen molar-refractivity contribution in [3.05, 3.63) is 27.6 Å². The van der Waals surface area contributed by atoms with Crippen molar-refractivity contribution in [2.24, 2.45) is 0 Å². The van der Waals surface area contributed by atoms with E-state index in [0.717, 1.165) is 6.07 Å². The van der Waals surface area contributed by atoms with E-state index in [0.29, 0.717) is 0 Å². The largest absolute Gasteiger partial charge is 0.326 e. The van der Waals surface area contributed by atoms with Crippen molar-refractivity contribution in [2.45, 2.75) is 24.0 Å². The van der Waals surface area contributed by atoms with Crippen molar-refractivity contribution in [2.75, 3.05) is 0 Å². The molecular formula is C8H10ClNO3S. The molecule has 78 valence electrons. The quantitative estimate of drug-likeness (QED) is 0.838. The van der Waals surface area contributed by atoms with Crippen molar-refractivity contribution in [1.29, 1.82) is 0 Å². The Morgan fingerprint density at radius 3 is 2.50 bits per heavy atom. The molecule has 0 spiro atoms. The van der Waals surface area contributed by atoms with Crippen LogP contribution in [-0.2, 0) is 9.84 Å². The van der Waals surface area contributed by atoms with Crippen LogP contribution in [0.2, 0.25) is 5.02 Å². The topological polar surface area (TPSA) is 67.0 Å². The van der Waals surface area contributed by atoms with Crippen LogP contribution in [0.4, 0.5) is 0 Å². The second kappa shape index (κ2) is 3.74. The van der Waals surface area contributed by atoms with Crippen LogP contribution in [0.1, 0.15) is 13.8 Å². The third kappa shape index (κ3) is 1.99. The van der Waals surface area contributed by atoms with Gasteiger partial charge < -0.3 is 4.98 Å². The third-order valence-corrected chi connectivity index (χ3v) is 4.14. The molecule has 0 saturated carbocycles. The van der Waals surface area contributed by atoms with Crippen LogP contribution in [-0.4, -0.2) is 18.7 Å². The van der Waals surface area contributed by atoms with Gasteiger partial charge in [0.1, 0.15) is 4.90 Å². The van der Waals surface area contributed by atoms with Gasteiger partial charge in [0.2, 0.25) is 0 Å². The number of H-pyrrole nitrogens is 1. The fraction of sp³-hybridized carbons (Fsp3) is 0.375. The second-order valence-corrected chi connectivity index (χ2v) is 6.01. The number of aromatic amines is 1. The van der Waals surface area contributed by atoms with Gasteiger partial charge in [-0.25, -0.2) is 8.42 Å². The maximum Gasteiger partial charge on any atom is 0.266 e. The molecule has 6 heteroatoms. The first-order valence-electron chi connectivity index (χ1n) is 3.98. The molecule has 0 fully saturated rings. The lowest BCUT2D eigenvalue weighted by Crippen LogP contribution is -2.23. The number of rotatable bonds is 2. The van der Waals surface area contributed by atoms with Crippen LogP contribution in [0.5, 0.6) is 0 Å².